The molecule has 0 aliphatic heterocycles. The summed E-state index contributed by atoms with van der Waals surface area (Å²) in [7, 11) is -3.83. The summed E-state index contributed by atoms with van der Waals surface area (Å²) >= 11 is 12.2. The third-order valence-electron chi connectivity index (χ3n) is 4.61. The third-order valence-corrected chi connectivity index (χ3v) is 7.03. The topological polar surface area (TPSA) is 114 Å². The Morgan fingerprint density at radius 3 is 2.16 bits per heavy atom. The molecule has 0 spiro atoms. The monoisotopic (exact) mass is 477 g/mol. The number of sulfonamides is 1. The molecule has 31 heavy (non-hydrogen) atoms. The number of halogens is 2. The van der Waals surface area contributed by atoms with Crippen molar-refractivity contribution in [3.8, 4) is 0 Å². The summed E-state index contributed by atoms with van der Waals surface area (Å²) in [5.74, 6) is 11.0. The minimum atomic E-state index is -3.83. The number of nitrogens with zero attached hydrogens (tertiary/aromatic N) is 2. The number of hydrogen-bond donors (Lipinski definition) is 3. The van der Waals surface area contributed by atoms with Crippen molar-refractivity contribution in [2.24, 2.45) is 16.8 Å². The molecule has 0 saturated heterocycles. The first-order chi connectivity index (χ1) is 14.8. The highest BCUT2D eigenvalue weighted by atomic mass is 35.5. The van der Waals surface area contributed by atoms with Crippen molar-refractivity contribution in [2.45, 2.75) is 18.0 Å². The average molecular weight is 478 g/mol. The van der Waals surface area contributed by atoms with E-state index in [1.165, 1.54) is 16.4 Å². The van der Waals surface area contributed by atoms with Gasteiger partial charge in [0.2, 0.25) is 10.0 Å². The lowest BCUT2D eigenvalue weighted by atomic mass is 10.1. The zero-order valence-electron chi connectivity index (χ0n) is 16.4. The maximum Gasteiger partial charge on any atom is 0.243 e. The molecule has 10 heteroatoms. The number of nitrogens with one attached hydrogen (secondary N) is 1. The van der Waals surface area contributed by atoms with Gasteiger partial charge in [-0.3, -0.25) is 0 Å². The summed E-state index contributed by atoms with van der Waals surface area (Å²) in [6.07, 6.45) is 0. The van der Waals surface area contributed by atoms with Crippen molar-refractivity contribution < 1.29 is 8.42 Å². The standard InChI is InChI=1S/C21H21Cl2N5O2S/c22-18-9-11-19(12-10-18)31(29,30)28(14-17-3-1-2-4-20(17)23)13-15-5-7-16(8-6-15)21(26-24)27-25/h1-12H,13-14,24-25H2,(H,26,27). The minimum absolute atomic E-state index is 0.103. The molecular weight excluding hydrogens is 457 g/mol. The van der Waals surface area contributed by atoms with E-state index in [-0.39, 0.29) is 18.0 Å². The van der Waals surface area contributed by atoms with Crippen LogP contribution in [0.5, 0.6) is 0 Å². The molecule has 3 aromatic carbocycles. The number of hydrazine groups is 1. The number of rotatable bonds is 7. The average Bonchev–Trinajstić information content (AvgIpc) is 2.77. The Kier molecular flexibility index (Phi) is 7.53. The van der Waals surface area contributed by atoms with Gasteiger partial charge in [0.1, 0.15) is 0 Å². The quantitative estimate of drug-likeness (QED) is 0.208. The summed E-state index contributed by atoms with van der Waals surface area (Å²) in [5.41, 5.74) is 4.55. The zero-order chi connectivity index (χ0) is 22.4. The van der Waals surface area contributed by atoms with Gasteiger partial charge in [-0.25, -0.2) is 14.3 Å². The molecule has 3 rings (SSSR count). The van der Waals surface area contributed by atoms with E-state index in [1.54, 1.807) is 54.6 Å². The van der Waals surface area contributed by atoms with E-state index in [0.29, 0.717) is 27.0 Å². The molecule has 5 N–H and O–H groups in total. The van der Waals surface area contributed by atoms with Gasteiger partial charge >= 0.3 is 0 Å². The molecule has 0 atom stereocenters. The smallest absolute Gasteiger partial charge is 0.243 e. The van der Waals surface area contributed by atoms with Crippen molar-refractivity contribution in [3.05, 3.63) is 99.5 Å². The lowest BCUT2D eigenvalue weighted by molar-refractivity contribution is 0.401. The van der Waals surface area contributed by atoms with Crippen LogP contribution in [0.3, 0.4) is 0 Å². The van der Waals surface area contributed by atoms with Crippen LogP contribution in [0.15, 0.2) is 82.8 Å². The van der Waals surface area contributed by atoms with Crippen molar-refractivity contribution >= 4 is 39.1 Å². The first kappa shape index (κ1) is 23.1. The summed E-state index contributed by atoms with van der Waals surface area (Å²) in [5, 5.41) is 4.52. The van der Waals surface area contributed by atoms with Crippen LogP contribution >= 0.6 is 23.2 Å². The number of amidine groups is 1. The maximum absolute atomic E-state index is 13.4. The highest BCUT2D eigenvalue weighted by Crippen LogP contribution is 2.25. The Bertz CT molecular complexity index is 1170. The van der Waals surface area contributed by atoms with E-state index in [9.17, 15) is 8.42 Å². The van der Waals surface area contributed by atoms with Crippen LogP contribution < -0.4 is 17.1 Å². The molecule has 0 amide bonds. The van der Waals surface area contributed by atoms with Crippen LogP contribution in [-0.2, 0) is 23.1 Å². The van der Waals surface area contributed by atoms with Gasteiger partial charge in [0.05, 0.1) is 4.90 Å². The van der Waals surface area contributed by atoms with Crippen LogP contribution in [-0.4, -0.2) is 18.6 Å². The number of nitrogens with two attached hydrogens (primary N) is 2. The highest BCUT2D eigenvalue weighted by molar-refractivity contribution is 7.89. The number of hydrazone groups is 1. The van der Waals surface area contributed by atoms with E-state index < -0.39 is 10.0 Å². The van der Waals surface area contributed by atoms with Crippen LogP contribution in [0, 0.1) is 0 Å². The Morgan fingerprint density at radius 1 is 0.935 bits per heavy atom. The maximum atomic E-state index is 13.4. The molecule has 162 valence electrons. The first-order valence-corrected chi connectivity index (χ1v) is 11.4. The second-order valence-corrected chi connectivity index (χ2v) is 9.42. The van der Waals surface area contributed by atoms with E-state index >= 15 is 0 Å². The van der Waals surface area contributed by atoms with Crippen molar-refractivity contribution in [2.75, 3.05) is 0 Å². The van der Waals surface area contributed by atoms with Gasteiger partial charge in [-0.15, -0.1) is 0 Å². The van der Waals surface area contributed by atoms with E-state index in [4.69, 9.17) is 34.9 Å². The fraction of sp³-hybridized carbons (Fsp3) is 0.0952. The SMILES string of the molecule is N/N=C(\NN)c1ccc(CN(Cc2ccccc2Cl)S(=O)(=O)c2ccc(Cl)cc2)cc1. The van der Waals surface area contributed by atoms with Crippen molar-refractivity contribution in [3.63, 3.8) is 0 Å². The van der Waals surface area contributed by atoms with E-state index in [1.807, 2.05) is 6.07 Å². The van der Waals surface area contributed by atoms with Gasteiger partial charge in [0, 0.05) is 28.7 Å². The summed E-state index contributed by atoms with van der Waals surface area (Å²) < 4.78 is 28.2. The second kappa shape index (κ2) is 10.1. The Hall–Kier alpha value is -2.62. The largest absolute Gasteiger partial charge is 0.321 e. The molecule has 0 aromatic heterocycles. The van der Waals surface area contributed by atoms with Gasteiger partial charge in [-0.1, -0.05) is 65.7 Å². The predicted molar refractivity (Wildman–Crippen MR) is 124 cm³/mol. The van der Waals surface area contributed by atoms with Crippen LogP contribution in [0.2, 0.25) is 10.0 Å². The van der Waals surface area contributed by atoms with Crippen molar-refractivity contribution in [1.29, 1.82) is 0 Å². The number of hydrogen-bond acceptors (Lipinski definition) is 5. The van der Waals surface area contributed by atoms with Gasteiger partial charge in [-0.05, 0) is 41.5 Å². The molecule has 7 nitrogen and oxygen atoms in total. The molecule has 0 heterocycles. The van der Waals surface area contributed by atoms with Crippen LogP contribution in [0.1, 0.15) is 16.7 Å². The molecule has 0 saturated carbocycles. The second-order valence-electron chi connectivity index (χ2n) is 6.64. The Morgan fingerprint density at radius 2 is 1.58 bits per heavy atom. The zero-order valence-corrected chi connectivity index (χ0v) is 18.7. The fourth-order valence-corrected chi connectivity index (χ4v) is 4.69. The molecule has 0 unspecified atom stereocenters. The van der Waals surface area contributed by atoms with Gasteiger partial charge < -0.3 is 11.3 Å². The van der Waals surface area contributed by atoms with E-state index in [0.717, 1.165) is 5.56 Å². The number of benzene rings is 3. The molecule has 0 aliphatic carbocycles. The predicted octanol–water partition coefficient (Wildman–Crippen LogP) is 3.47. The van der Waals surface area contributed by atoms with Gasteiger partial charge in [0.25, 0.3) is 0 Å². The van der Waals surface area contributed by atoms with Crippen LogP contribution in [0.4, 0.5) is 0 Å². The fourth-order valence-electron chi connectivity index (χ4n) is 2.96. The van der Waals surface area contributed by atoms with Crippen molar-refractivity contribution in [1.82, 2.24) is 9.73 Å². The molecule has 0 aliphatic rings. The van der Waals surface area contributed by atoms with Gasteiger partial charge in [-0.2, -0.15) is 9.41 Å². The summed E-state index contributed by atoms with van der Waals surface area (Å²) in [4.78, 5) is 0.144. The highest BCUT2D eigenvalue weighted by Gasteiger charge is 2.25. The first-order valence-electron chi connectivity index (χ1n) is 9.18. The summed E-state index contributed by atoms with van der Waals surface area (Å²) in [6.45, 7) is 0.230. The van der Waals surface area contributed by atoms with E-state index in [2.05, 4.69) is 10.5 Å². The molecule has 0 radical (unpaired) electrons. The van der Waals surface area contributed by atoms with Crippen LogP contribution in [0.25, 0.3) is 0 Å². The lowest BCUT2D eigenvalue weighted by Gasteiger charge is -2.23. The summed E-state index contributed by atoms with van der Waals surface area (Å²) in [6, 6.07) is 20.3. The Balaban J connectivity index is 1.96. The normalized spacial score (nSPS) is 12.2. The third kappa shape index (κ3) is 5.55. The molecule has 3 aromatic rings. The molecular formula is C21H21Cl2N5O2S. The molecule has 0 bridgehead atoms. The minimum Gasteiger partial charge on any atom is -0.321 e. The molecule has 0 fully saturated rings. The van der Waals surface area contributed by atoms with Gasteiger partial charge in [0.15, 0.2) is 5.84 Å². The Labute approximate surface area is 191 Å². The lowest BCUT2D eigenvalue weighted by Crippen LogP contribution is -2.32.